The Bertz CT molecular complexity index is 1070. The quantitative estimate of drug-likeness (QED) is 0.653. The monoisotopic (exact) mass is 452 g/mol. The Balaban J connectivity index is 2.07. The number of nitrogens with one attached hydrogen (secondary N) is 2. The van der Waals surface area contributed by atoms with Gasteiger partial charge in [-0.2, -0.15) is 0 Å². The molecule has 2 aromatic rings. The van der Waals surface area contributed by atoms with Crippen LogP contribution < -0.4 is 15.5 Å². The maximum absolute atomic E-state index is 13.8. The molecule has 31 heavy (non-hydrogen) atoms. The Hall–Kier alpha value is -2.01. The molecular formula is C21H27BF2N2O4S. The number of sulfonamides is 1. The number of alkyl halides is 2. The Morgan fingerprint density at radius 2 is 1.61 bits per heavy atom. The summed E-state index contributed by atoms with van der Waals surface area (Å²) in [5.41, 5.74) is -0.0487. The van der Waals surface area contributed by atoms with E-state index in [-0.39, 0.29) is 10.5 Å². The summed E-state index contributed by atoms with van der Waals surface area (Å²) in [6.07, 6.45) is 0. The predicted molar refractivity (Wildman–Crippen MR) is 118 cm³/mol. The van der Waals surface area contributed by atoms with E-state index in [9.17, 15) is 17.2 Å². The highest BCUT2D eigenvalue weighted by molar-refractivity contribution is 7.89. The molecular weight excluding hydrogens is 425 g/mol. The molecule has 168 valence electrons. The number of hydrogen-bond acceptors (Lipinski definition) is 5. The van der Waals surface area contributed by atoms with Gasteiger partial charge < -0.3 is 14.6 Å². The molecule has 0 aromatic heterocycles. The second-order valence-electron chi connectivity index (χ2n) is 8.64. The van der Waals surface area contributed by atoms with Gasteiger partial charge >= 0.3 is 7.12 Å². The van der Waals surface area contributed by atoms with Crippen LogP contribution in [0.3, 0.4) is 0 Å². The van der Waals surface area contributed by atoms with Crippen LogP contribution in [0.15, 0.2) is 47.4 Å². The highest BCUT2D eigenvalue weighted by Crippen LogP contribution is 2.37. The number of hydrogen-bond donors (Lipinski definition) is 2. The summed E-state index contributed by atoms with van der Waals surface area (Å²) < 4.78 is 66.7. The topological polar surface area (TPSA) is 76.7 Å². The van der Waals surface area contributed by atoms with Gasteiger partial charge in [-0.05, 0) is 65.1 Å². The zero-order chi connectivity index (χ0) is 23.2. The molecule has 3 rings (SSSR count). The van der Waals surface area contributed by atoms with Gasteiger partial charge in [-0.15, -0.1) is 0 Å². The Morgan fingerprint density at radius 3 is 2.16 bits per heavy atom. The van der Waals surface area contributed by atoms with Crippen LogP contribution in [-0.2, 0) is 25.3 Å². The summed E-state index contributed by atoms with van der Waals surface area (Å²) in [7, 11) is -3.24. The van der Waals surface area contributed by atoms with Crippen molar-refractivity contribution < 1.29 is 26.5 Å². The zero-order valence-corrected chi connectivity index (χ0v) is 19.2. The molecule has 1 aliphatic rings. The van der Waals surface area contributed by atoms with Gasteiger partial charge in [0.25, 0.3) is 5.92 Å². The SMILES string of the molecule is CNS(=O)(=O)c1ccc(Nc2cccc(C(C)(F)F)c2)c(B2OC(C)(C)C(C)(C)O2)c1. The summed E-state index contributed by atoms with van der Waals surface area (Å²) in [5.74, 6) is -2.99. The summed E-state index contributed by atoms with van der Waals surface area (Å²) in [5, 5.41) is 3.10. The number of anilines is 2. The van der Waals surface area contributed by atoms with Gasteiger partial charge in [0.15, 0.2) is 0 Å². The second kappa shape index (κ2) is 7.84. The van der Waals surface area contributed by atoms with Gasteiger partial charge in [0.05, 0.1) is 16.1 Å². The van der Waals surface area contributed by atoms with Crippen molar-refractivity contribution in [2.24, 2.45) is 0 Å². The Labute approximate surface area is 182 Å². The van der Waals surface area contributed by atoms with Crippen molar-refractivity contribution in [3.63, 3.8) is 0 Å². The molecule has 0 bridgehead atoms. The smallest absolute Gasteiger partial charge is 0.399 e. The molecule has 10 heteroatoms. The van der Waals surface area contributed by atoms with Crippen molar-refractivity contribution in [3.05, 3.63) is 48.0 Å². The molecule has 0 spiro atoms. The highest BCUT2D eigenvalue weighted by atomic mass is 32.2. The molecule has 1 saturated heterocycles. The van der Waals surface area contributed by atoms with E-state index in [1.165, 1.54) is 37.4 Å². The molecule has 0 amide bonds. The molecule has 1 fully saturated rings. The van der Waals surface area contributed by atoms with Crippen molar-refractivity contribution in [3.8, 4) is 0 Å². The molecule has 0 aliphatic carbocycles. The van der Waals surface area contributed by atoms with E-state index < -0.39 is 34.3 Å². The van der Waals surface area contributed by atoms with E-state index in [2.05, 4.69) is 10.0 Å². The van der Waals surface area contributed by atoms with E-state index in [1.807, 2.05) is 27.7 Å². The van der Waals surface area contributed by atoms with E-state index in [0.717, 1.165) is 6.92 Å². The fourth-order valence-electron chi connectivity index (χ4n) is 3.13. The van der Waals surface area contributed by atoms with Crippen LogP contribution in [0.4, 0.5) is 20.2 Å². The zero-order valence-electron chi connectivity index (χ0n) is 18.4. The Morgan fingerprint density at radius 1 is 1.00 bits per heavy atom. The summed E-state index contributed by atoms with van der Waals surface area (Å²) in [6, 6.07) is 10.4. The first-order chi connectivity index (χ1) is 14.2. The third kappa shape index (κ3) is 4.77. The summed E-state index contributed by atoms with van der Waals surface area (Å²) in [6.45, 7) is 8.39. The van der Waals surface area contributed by atoms with E-state index in [1.54, 1.807) is 12.1 Å². The van der Waals surface area contributed by atoms with Crippen molar-refractivity contribution >= 4 is 34.0 Å². The van der Waals surface area contributed by atoms with Crippen LogP contribution in [0, 0.1) is 0 Å². The van der Waals surface area contributed by atoms with Crippen LogP contribution in [0.5, 0.6) is 0 Å². The minimum Gasteiger partial charge on any atom is -0.399 e. The maximum Gasteiger partial charge on any atom is 0.497 e. The normalized spacial score (nSPS) is 18.3. The van der Waals surface area contributed by atoms with Gasteiger partial charge in [0.2, 0.25) is 10.0 Å². The lowest BCUT2D eigenvalue weighted by Gasteiger charge is -2.32. The molecule has 1 aliphatic heterocycles. The highest BCUT2D eigenvalue weighted by Gasteiger charge is 2.52. The lowest BCUT2D eigenvalue weighted by atomic mass is 9.77. The summed E-state index contributed by atoms with van der Waals surface area (Å²) in [4.78, 5) is 0.0408. The van der Waals surface area contributed by atoms with Crippen molar-refractivity contribution in [1.82, 2.24) is 4.72 Å². The number of benzene rings is 2. The van der Waals surface area contributed by atoms with Crippen LogP contribution in [0.25, 0.3) is 0 Å². The van der Waals surface area contributed by atoms with E-state index in [0.29, 0.717) is 16.8 Å². The summed E-state index contributed by atoms with van der Waals surface area (Å²) >= 11 is 0. The fraction of sp³-hybridized carbons (Fsp3) is 0.429. The third-order valence-corrected chi connectivity index (χ3v) is 7.17. The lowest BCUT2D eigenvalue weighted by Crippen LogP contribution is -2.41. The lowest BCUT2D eigenvalue weighted by molar-refractivity contribution is 0.00578. The van der Waals surface area contributed by atoms with Gasteiger partial charge in [-0.1, -0.05) is 12.1 Å². The molecule has 0 unspecified atom stereocenters. The molecule has 1 heterocycles. The predicted octanol–water partition coefficient (Wildman–Crippen LogP) is 3.75. The largest absolute Gasteiger partial charge is 0.497 e. The van der Waals surface area contributed by atoms with Crippen molar-refractivity contribution in [2.45, 2.75) is 56.6 Å². The molecule has 0 atom stereocenters. The number of halogens is 2. The van der Waals surface area contributed by atoms with Crippen LogP contribution in [0.2, 0.25) is 0 Å². The minimum atomic E-state index is -3.71. The average Bonchev–Trinajstić information content (AvgIpc) is 2.88. The van der Waals surface area contributed by atoms with E-state index >= 15 is 0 Å². The molecule has 2 aromatic carbocycles. The standard InChI is InChI=1S/C21H27BF2N2O4S/c1-19(2)20(3,4)30-22(29-19)17-13-16(31(27,28)25-6)10-11-18(17)26-15-9-7-8-14(12-15)21(5,23)24/h7-13,25-26H,1-6H3. The first kappa shape index (κ1) is 23.7. The average molecular weight is 452 g/mol. The first-order valence-corrected chi connectivity index (χ1v) is 11.3. The van der Waals surface area contributed by atoms with Gasteiger partial charge in [0.1, 0.15) is 0 Å². The first-order valence-electron chi connectivity index (χ1n) is 9.85. The maximum atomic E-state index is 13.8. The second-order valence-corrected chi connectivity index (χ2v) is 10.5. The number of rotatable bonds is 6. The third-order valence-electron chi connectivity index (χ3n) is 5.76. The van der Waals surface area contributed by atoms with Gasteiger partial charge in [-0.3, -0.25) is 0 Å². The van der Waals surface area contributed by atoms with E-state index in [4.69, 9.17) is 9.31 Å². The fourth-order valence-corrected chi connectivity index (χ4v) is 3.90. The molecule has 6 nitrogen and oxygen atoms in total. The molecule has 0 saturated carbocycles. The van der Waals surface area contributed by atoms with Gasteiger partial charge in [0, 0.05) is 29.3 Å². The van der Waals surface area contributed by atoms with Crippen molar-refractivity contribution in [1.29, 1.82) is 0 Å². The van der Waals surface area contributed by atoms with Crippen molar-refractivity contribution in [2.75, 3.05) is 12.4 Å². The van der Waals surface area contributed by atoms with Crippen LogP contribution >= 0.6 is 0 Å². The van der Waals surface area contributed by atoms with Gasteiger partial charge in [-0.25, -0.2) is 21.9 Å². The molecule has 2 N–H and O–H groups in total. The Kier molecular flexibility index (Phi) is 5.99. The van der Waals surface area contributed by atoms with Crippen LogP contribution in [-0.4, -0.2) is 33.8 Å². The molecule has 0 radical (unpaired) electrons. The minimum absolute atomic E-state index is 0.0408. The van der Waals surface area contributed by atoms with Crippen LogP contribution in [0.1, 0.15) is 40.2 Å².